The fraction of sp³-hybridized carbons (Fsp3) is 0.273. The molecule has 0 aliphatic rings. The molecule has 100 valence electrons. The summed E-state index contributed by atoms with van der Waals surface area (Å²) in [5.74, 6) is 0.394. The Hall–Kier alpha value is -1.93. The molecule has 0 unspecified atom stereocenters. The molecule has 0 aliphatic carbocycles. The zero-order valence-electron chi connectivity index (χ0n) is 10.2. The van der Waals surface area contributed by atoms with Crippen molar-refractivity contribution in [1.82, 2.24) is 10.2 Å². The van der Waals surface area contributed by atoms with Gasteiger partial charge in [0.15, 0.2) is 0 Å². The summed E-state index contributed by atoms with van der Waals surface area (Å²) in [6.45, 7) is 3.19. The first-order valence-corrected chi connectivity index (χ1v) is 6.23. The Morgan fingerprint density at radius 3 is 2.74 bits per heavy atom. The highest BCUT2D eigenvalue weighted by Gasteiger charge is 2.19. The van der Waals surface area contributed by atoms with E-state index >= 15 is 0 Å². The molecule has 1 N–H and O–H groups in total. The minimum atomic E-state index is -0.761. The minimum Gasteiger partial charge on any atom is -0.416 e. The first-order valence-electron chi connectivity index (χ1n) is 5.41. The number of nitro groups is 1. The molecule has 0 aliphatic heterocycles. The number of nitro benzene ring substituents is 1. The molecule has 1 heterocycles. The van der Waals surface area contributed by atoms with Gasteiger partial charge in [0.25, 0.3) is 10.9 Å². The third-order valence-electron chi connectivity index (χ3n) is 2.37. The van der Waals surface area contributed by atoms with Crippen LogP contribution >= 0.6 is 11.8 Å². The molecule has 8 heteroatoms. The molecule has 0 spiro atoms. The Morgan fingerprint density at radius 2 is 2.21 bits per heavy atom. The van der Waals surface area contributed by atoms with Gasteiger partial charge in [-0.1, -0.05) is 6.07 Å². The number of hydrogen-bond acceptors (Lipinski definition) is 7. The van der Waals surface area contributed by atoms with E-state index in [4.69, 9.17) is 4.42 Å². The van der Waals surface area contributed by atoms with Crippen LogP contribution in [0.3, 0.4) is 0 Å². The lowest BCUT2D eigenvalue weighted by Crippen LogP contribution is -1.96. The van der Waals surface area contributed by atoms with Crippen molar-refractivity contribution in [3.63, 3.8) is 0 Å². The van der Waals surface area contributed by atoms with Gasteiger partial charge in [-0.25, -0.2) is 0 Å². The van der Waals surface area contributed by atoms with E-state index in [0.717, 1.165) is 11.8 Å². The Labute approximate surface area is 112 Å². The molecule has 1 atom stereocenters. The van der Waals surface area contributed by atoms with Crippen LogP contribution in [0.15, 0.2) is 32.7 Å². The molecule has 0 saturated heterocycles. The molecule has 1 aromatic carbocycles. The van der Waals surface area contributed by atoms with E-state index in [2.05, 4.69) is 10.2 Å². The molecule has 0 fully saturated rings. The maximum Gasteiger partial charge on any atom is 0.283 e. The predicted molar refractivity (Wildman–Crippen MR) is 66.9 cm³/mol. The number of rotatable bonds is 4. The molecule has 0 radical (unpaired) electrons. The largest absolute Gasteiger partial charge is 0.416 e. The first-order chi connectivity index (χ1) is 8.97. The van der Waals surface area contributed by atoms with Crippen molar-refractivity contribution in [2.75, 3.05) is 0 Å². The number of benzene rings is 1. The maximum atomic E-state index is 11.0. The van der Waals surface area contributed by atoms with Crippen LogP contribution in [-0.4, -0.2) is 20.2 Å². The number of aryl methyl sites for hydroxylation is 1. The normalized spacial score (nSPS) is 12.4. The van der Waals surface area contributed by atoms with E-state index in [1.54, 1.807) is 26.0 Å². The van der Waals surface area contributed by atoms with E-state index in [9.17, 15) is 15.2 Å². The molecule has 2 aromatic rings. The van der Waals surface area contributed by atoms with Crippen LogP contribution in [0, 0.1) is 17.0 Å². The molecular formula is C11H11N3O4S. The smallest absolute Gasteiger partial charge is 0.283 e. The number of aliphatic hydroxyl groups is 1. The standard InChI is InChI=1S/C11H11N3O4S/c1-6(15)8-3-4-10(9(5-8)14(16)17)19-11-13-12-7(2)18-11/h3-6,15H,1-2H3/t6-/m0/s1. The summed E-state index contributed by atoms with van der Waals surface area (Å²) in [7, 11) is 0. The van der Waals surface area contributed by atoms with Crippen LogP contribution in [0.4, 0.5) is 5.69 Å². The summed E-state index contributed by atoms with van der Waals surface area (Å²) in [6.07, 6.45) is -0.761. The van der Waals surface area contributed by atoms with Gasteiger partial charge in [-0.2, -0.15) is 0 Å². The van der Waals surface area contributed by atoms with Gasteiger partial charge in [0.1, 0.15) is 0 Å². The van der Waals surface area contributed by atoms with Crippen LogP contribution in [0.1, 0.15) is 24.5 Å². The van der Waals surface area contributed by atoms with Gasteiger partial charge in [-0.05, 0) is 30.3 Å². The first kappa shape index (κ1) is 13.5. The molecule has 19 heavy (non-hydrogen) atoms. The van der Waals surface area contributed by atoms with Crippen LogP contribution in [0.5, 0.6) is 0 Å². The Bertz CT molecular complexity index is 612. The van der Waals surface area contributed by atoms with E-state index in [-0.39, 0.29) is 10.9 Å². The van der Waals surface area contributed by atoms with Gasteiger partial charge in [-0.15, -0.1) is 10.2 Å². The zero-order valence-corrected chi connectivity index (χ0v) is 11.0. The second kappa shape index (κ2) is 5.37. The molecule has 7 nitrogen and oxygen atoms in total. The third-order valence-corrected chi connectivity index (χ3v) is 3.27. The van der Waals surface area contributed by atoms with Crippen molar-refractivity contribution in [3.8, 4) is 0 Å². The van der Waals surface area contributed by atoms with Gasteiger partial charge in [0.2, 0.25) is 5.89 Å². The molecule has 1 aromatic heterocycles. The average Bonchev–Trinajstić information content (AvgIpc) is 2.74. The quantitative estimate of drug-likeness (QED) is 0.678. The number of nitrogens with zero attached hydrogens (tertiary/aromatic N) is 3. The monoisotopic (exact) mass is 281 g/mol. The van der Waals surface area contributed by atoms with Crippen LogP contribution in [-0.2, 0) is 0 Å². The summed E-state index contributed by atoms with van der Waals surface area (Å²) in [4.78, 5) is 10.9. The highest BCUT2D eigenvalue weighted by atomic mass is 32.2. The van der Waals surface area contributed by atoms with Gasteiger partial charge in [0, 0.05) is 13.0 Å². The van der Waals surface area contributed by atoms with Crippen molar-refractivity contribution in [2.24, 2.45) is 0 Å². The van der Waals surface area contributed by atoms with E-state index < -0.39 is 11.0 Å². The van der Waals surface area contributed by atoms with Crippen molar-refractivity contribution in [2.45, 2.75) is 30.1 Å². The summed E-state index contributed by atoms with van der Waals surface area (Å²) in [6, 6.07) is 4.53. The van der Waals surface area contributed by atoms with Crippen LogP contribution < -0.4 is 0 Å². The topological polar surface area (TPSA) is 102 Å². The SMILES string of the molecule is Cc1nnc(Sc2ccc([C@H](C)O)cc2[N+](=O)[O-])o1. The molecule has 2 rings (SSSR count). The molecular weight excluding hydrogens is 270 g/mol. The lowest BCUT2D eigenvalue weighted by Gasteiger charge is -2.06. The van der Waals surface area contributed by atoms with Crippen molar-refractivity contribution < 1.29 is 14.4 Å². The number of aromatic nitrogens is 2. The maximum absolute atomic E-state index is 11.0. The number of hydrogen-bond donors (Lipinski definition) is 1. The number of aliphatic hydroxyl groups excluding tert-OH is 1. The van der Waals surface area contributed by atoms with Gasteiger partial charge in [0.05, 0.1) is 15.9 Å². The Morgan fingerprint density at radius 1 is 1.47 bits per heavy atom. The summed E-state index contributed by atoms with van der Waals surface area (Å²) in [5, 5.41) is 28.1. The predicted octanol–water partition coefficient (Wildman–Crippen LogP) is 2.49. The van der Waals surface area contributed by atoms with Crippen molar-refractivity contribution in [3.05, 3.63) is 39.8 Å². The second-order valence-electron chi connectivity index (χ2n) is 3.85. The second-order valence-corrected chi connectivity index (χ2v) is 4.84. The third kappa shape index (κ3) is 3.09. The van der Waals surface area contributed by atoms with E-state index in [0.29, 0.717) is 16.3 Å². The molecule has 0 bridgehead atoms. The lowest BCUT2D eigenvalue weighted by atomic mass is 10.1. The van der Waals surface area contributed by atoms with Gasteiger partial charge >= 0.3 is 0 Å². The molecule has 0 saturated carbocycles. The van der Waals surface area contributed by atoms with Gasteiger partial charge < -0.3 is 9.52 Å². The van der Waals surface area contributed by atoms with Crippen LogP contribution in [0.25, 0.3) is 0 Å². The van der Waals surface area contributed by atoms with Gasteiger partial charge in [-0.3, -0.25) is 10.1 Å². The highest BCUT2D eigenvalue weighted by molar-refractivity contribution is 7.99. The lowest BCUT2D eigenvalue weighted by molar-refractivity contribution is -0.387. The average molecular weight is 281 g/mol. The minimum absolute atomic E-state index is 0.0979. The fourth-order valence-corrected chi connectivity index (χ4v) is 2.24. The van der Waals surface area contributed by atoms with Crippen LogP contribution in [0.2, 0.25) is 0 Å². The molecule has 0 amide bonds. The zero-order chi connectivity index (χ0) is 14.0. The fourth-order valence-electron chi connectivity index (χ4n) is 1.44. The Kier molecular flexibility index (Phi) is 3.82. The van der Waals surface area contributed by atoms with E-state index in [1.807, 2.05) is 0 Å². The van der Waals surface area contributed by atoms with E-state index in [1.165, 1.54) is 6.07 Å². The van der Waals surface area contributed by atoms with Crippen molar-refractivity contribution in [1.29, 1.82) is 0 Å². The summed E-state index contributed by atoms with van der Waals surface area (Å²) < 4.78 is 5.17. The van der Waals surface area contributed by atoms with Crippen molar-refractivity contribution >= 4 is 17.4 Å². The summed E-state index contributed by atoms with van der Waals surface area (Å²) in [5.41, 5.74) is 0.386. The Balaban J connectivity index is 2.36. The summed E-state index contributed by atoms with van der Waals surface area (Å²) >= 11 is 1.02. The highest BCUT2D eigenvalue weighted by Crippen LogP contribution is 2.35.